The van der Waals surface area contributed by atoms with E-state index in [4.69, 9.17) is 0 Å². The molecule has 2 rings (SSSR count). The van der Waals surface area contributed by atoms with Gasteiger partial charge in [0.25, 0.3) is 0 Å². The normalized spacial score (nSPS) is 11.9. The van der Waals surface area contributed by atoms with E-state index in [9.17, 15) is 14.0 Å². The summed E-state index contributed by atoms with van der Waals surface area (Å²) in [5.41, 5.74) is 2.15. The molecule has 0 fully saturated rings. The molecule has 1 atom stereocenters. The van der Waals surface area contributed by atoms with E-state index < -0.39 is 11.9 Å². The monoisotopic (exact) mass is 343 g/mol. The van der Waals surface area contributed by atoms with Gasteiger partial charge in [-0.2, -0.15) is 0 Å². The number of benzene rings is 2. The highest BCUT2D eigenvalue weighted by atomic mass is 19.1. The van der Waals surface area contributed by atoms with Crippen LogP contribution in [-0.2, 0) is 9.59 Å². The van der Waals surface area contributed by atoms with E-state index >= 15 is 0 Å². The van der Waals surface area contributed by atoms with Crippen LogP contribution in [0.4, 0.5) is 15.8 Å². The number of nitrogens with one attached hydrogen (secondary N) is 2. The molecule has 132 valence electrons. The van der Waals surface area contributed by atoms with E-state index in [0.29, 0.717) is 5.69 Å². The van der Waals surface area contributed by atoms with Crippen molar-refractivity contribution in [2.45, 2.75) is 19.9 Å². The molecule has 6 heteroatoms. The molecule has 0 aliphatic heterocycles. The van der Waals surface area contributed by atoms with Gasteiger partial charge in [0.1, 0.15) is 5.82 Å². The predicted octanol–water partition coefficient (Wildman–Crippen LogP) is 3.03. The molecule has 0 bridgehead atoms. The fourth-order valence-electron chi connectivity index (χ4n) is 2.30. The van der Waals surface area contributed by atoms with E-state index in [2.05, 4.69) is 10.6 Å². The largest absolute Gasteiger partial charge is 0.325 e. The molecule has 0 aliphatic carbocycles. The number of carbonyl (C=O) groups is 2. The topological polar surface area (TPSA) is 61.4 Å². The Kier molecular flexibility index (Phi) is 6.25. The first-order chi connectivity index (χ1) is 11.8. The molecule has 2 aromatic rings. The molecular weight excluding hydrogens is 321 g/mol. The van der Waals surface area contributed by atoms with Crippen molar-refractivity contribution in [3.8, 4) is 0 Å². The maximum absolute atomic E-state index is 13.1. The highest BCUT2D eigenvalue weighted by molar-refractivity contribution is 5.96. The molecule has 2 N–H and O–H groups in total. The van der Waals surface area contributed by atoms with E-state index in [0.717, 1.165) is 11.3 Å². The van der Waals surface area contributed by atoms with E-state index in [-0.39, 0.29) is 18.4 Å². The van der Waals surface area contributed by atoms with Crippen molar-refractivity contribution in [1.82, 2.24) is 4.90 Å². The Bertz CT molecular complexity index is 764. The Morgan fingerprint density at radius 3 is 2.36 bits per heavy atom. The van der Waals surface area contributed by atoms with Gasteiger partial charge >= 0.3 is 0 Å². The Morgan fingerprint density at radius 2 is 1.72 bits per heavy atom. The van der Waals surface area contributed by atoms with Crippen LogP contribution in [0.25, 0.3) is 0 Å². The summed E-state index contributed by atoms with van der Waals surface area (Å²) in [6, 6.07) is 12.7. The van der Waals surface area contributed by atoms with Crippen molar-refractivity contribution < 1.29 is 14.0 Å². The maximum Gasteiger partial charge on any atom is 0.241 e. The van der Waals surface area contributed by atoms with Crippen LogP contribution < -0.4 is 10.6 Å². The highest BCUT2D eigenvalue weighted by Gasteiger charge is 2.20. The Morgan fingerprint density at radius 1 is 1.08 bits per heavy atom. The second-order valence-corrected chi connectivity index (χ2v) is 6.01. The number of hydrogen-bond acceptors (Lipinski definition) is 3. The molecular formula is C19H22FN3O2. The minimum atomic E-state index is -0.501. The van der Waals surface area contributed by atoms with Gasteiger partial charge < -0.3 is 10.6 Å². The van der Waals surface area contributed by atoms with Crippen LogP contribution in [0.1, 0.15) is 12.5 Å². The third kappa shape index (κ3) is 5.69. The second kappa shape index (κ2) is 8.39. The average Bonchev–Trinajstić information content (AvgIpc) is 2.53. The fraction of sp³-hybridized carbons (Fsp3) is 0.263. The summed E-state index contributed by atoms with van der Waals surface area (Å²) in [6.07, 6.45) is 0. The molecule has 0 heterocycles. The van der Waals surface area contributed by atoms with Crippen molar-refractivity contribution in [1.29, 1.82) is 0 Å². The van der Waals surface area contributed by atoms with Gasteiger partial charge in [-0.3, -0.25) is 14.5 Å². The number of hydrogen-bond donors (Lipinski definition) is 2. The first-order valence-electron chi connectivity index (χ1n) is 7.98. The lowest BCUT2D eigenvalue weighted by Gasteiger charge is -2.23. The Hall–Kier alpha value is -2.73. The number of halogens is 1. The minimum absolute atomic E-state index is 0.0128. The smallest absolute Gasteiger partial charge is 0.241 e. The summed E-state index contributed by atoms with van der Waals surface area (Å²) in [4.78, 5) is 26.0. The van der Waals surface area contributed by atoms with Gasteiger partial charge in [-0.1, -0.05) is 18.2 Å². The first-order valence-corrected chi connectivity index (χ1v) is 7.98. The van der Waals surface area contributed by atoms with Gasteiger partial charge in [-0.05, 0) is 56.8 Å². The Labute approximate surface area is 146 Å². The van der Waals surface area contributed by atoms with Crippen molar-refractivity contribution in [2.75, 3.05) is 24.2 Å². The summed E-state index contributed by atoms with van der Waals surface area (Å²) in [5.74, 6) is -0.938. The molecule has 2 aromatic carbocycles. The van der Waals surface area contributed by atoms with Gasteiger partial charge in [0, 0.05) is 11.4 Å². The molecule has 0 aromatic heterocycles. The van der Waals surface area contributed by atoms with Crippen LogP contribution in [0.2, 0.25) is 0 Å². The third-order valence-electron chi connectivity index (χ3n) is 3.83. The quantitative estimate of drug-likeness (QED) is 0.847. The summed E-state index contributed by atoms with van der Waals surface area (Å²) >= 11 is 0. The lowest BCUT2D eigenvalue weighted by Crippen LogP contribution is -2.43. The molecule has 0 saturated heterocycles. The van der Waals surface area contributed by atoms with Crippen LogP contribution >= 0.6 is 0 Å². The standard InChI is InChI=1S/C19H22FN3O2/c1-13-6-4-8-16(10-13)22-19(25)14(2)23(3)12-18(24)21-17-9-5-7-15(20)11-17/h4-11,14H,12H2,1-3H3,(H,21,24)(H,22,25)/t14-/m0/s1. The van der Waals surface area contributed by atoms with Crippen LogP contribution in [0.3, 0.4) is 0 Å². The zero-order chi connectivity index (χ0) is 18.4. The van der Waals surface area contributed by atoms with Gasteiger partial charge in [0.2, 0.25) is 11.8 Å². The van der Waals surface area contributed by atoms with E-state index in [1.807, 2.05) is 31.2 Å². The Balaban J connectivity index is 1.89. The predicted molar refractivity (Wildman–Crippen MR) is 96.9 cm³/mol. The maximum atomic E-state index is 13.1. The van der Waals surface area contributed by atoms with Crippen molar-refractivity contribution in [3.63, 3.8) is 0 Å². The van der Waals surface area contributed by atoms with Gasteiger partial charge in [-0.15, -0.1) is 0 Å². The summed E-state index contributed by atoms with van der Waals surface area (Å²) < 4.78 is 13.1. The number of carbonyl (C=O) groups excluding carboxylic acids is 2. The SMILES string of the molecule is Cc1cccc(NC(=O)[C@H](C)N(C)CC(=O)Nc2cccc(F)c2)c1. The molecule has 0 unspecified atom stereocenters. The summed E-state index contributed by atoms with van der Waals surface area (Å²) in [7, 11) is 1.69. The lowest BCUT2D eigenvalue weighted by atomic mass is 10.2. The van der Waals surface area contributed by atoms with Crippen LogP contribution in [0.5, 0.6) is 0 Å². The third-order valence-corrected chi connectivity index (χ3v) is 3.83. The van der Waals surface area contributed by atoms with Gasteiger partial charge in [-0.25, -0.2) is 4.39 Å². The van der Waals surface area contributed by atoms with Gasteiger partial charge in [0.15, 0.2) is 0 Å². The number of nitrogens with zero attached hydrogens (tertiary/aromatic N) is 1. The molecule has 25 heavy (non-hydrogen) atoms. The first kappa shape index (κ1) is 18.6. The molecule has 0 aliphatic rings. The fourth-order valence-corrected chi connectivity index (χ4v) is 2.30. The van der Waals surface area contributed by atoms with E-state index in [1.54, 1.807) is 24.9 Å². The summed E-state index contributed by atoms with van der Waals surface area (Å²) in [6.45, 7) is 3.68. The molecule has 0 spiro atoms. The highest BCUT2D eigenvalue weighted by Crippen LogP contribution is 2.12. The minimum Gasteiger partial charge on any atom is -0.325 e. The zero-order valence-electron chi connectivity index (χ0n) is 14.5. The number of aryl methyl sites for hydroxylation is 1. The molecule has 0 saturated carbocycles. The number of amides is 2. The lowest BCUT2D eigenvalue weighted by molar-refractivity contribution is -0.122. The van der Waals surface area contributed by atoms with Gasteiger partial charge in [0.05, 0.1) is 12.6 Å². The second-order valence-electron chi connectivity index (χ2n) is 6.01. The molecule has 0 radical (unpaired) electrons. The van der Waals surface area contributed by atoms with Crippen LogP contribution in [0.15, 0.2) is 48.5 Å². The zero-order valence-corrected chi connectivity index (χ0v) is 14.5. The van der Waals surface area contributed by atoms with E-state index in [1.165, 1.54) is 18.2 Å². The number of likely N-dealkylation sites (N-methyl/N-ethyl adjacent to an activating group) is 1. The van der Waals surface area contributed by atoms with Crippen molar-refractivity contribution in [3.05, 3.63) is 59.9 Å². The van der Waals surface area contributed by atoms with Crippen LogP contribution in [-0.4, -0.2) is 36.3 Å². The van der Waals surface area contributed by atoms with Crippen LogP contribution in [0, 0.1) is 12.7 Å². The number of anilines is 2. The summed E-state index contributed by atoms with van der Waals surface area (Å²) in [5, 5.41) is 5.44. The van der Waals surface area contributed by atoms with Crippen molar-refractivity contribution >= 4 is 23.2 Å². The molecule has 5 nitrogen and oxygen atoms in total. The van der Waals surface area contributed by atoms with Crippen molar-refractivity contribution in [2.24, 2.45) is 0 Å². The average molecular weight is 343 g/mol. The number of rotatable bonds is 6. The molecule has 2 amide bonds.